The molecule has 0 bridgehead atoms. The Labute approximate surface area is 120 Å². The summed E-state index contributed by atoms with van der Waals surface area (Å²) in [5.74, 6) is 0.989. The van der Waals surface area contributed by atoms with Gasteiger partial charge in [-0.1, -0.05) is 52.0 Å². The van der Waals surface area contributed by atoms with E-state index in [4.69, 9.17) is 4.99 Å². The maximum atomic E-state index is 4.78. The average molecular weight is 271 g/mol. The highest BCUT2D eigenvalue weighted by atomic mass is 32.1. The van der Waals surface area contributed by atoms with Gasteiger partial charge in [-0.3, -0.25) is 4.99 Å². The molecule has 1 aromatic heterocycles. The van der Waals surface area contributed by atoms with E-state index in [9.17, 15) is 0 Å². The zero-order valence-electron chi connectivity index (χ0n) is 12.1. The van der Waals surface area contributed by atoms with Crippen molar-refractivity contribution in [2.45, 2.75) is 39.5 Å². The Morgan fingerprint density at radius 1 is 0.947 bits per heavy atom. The average Bonchev–Trinajstić information content (AvgIpc) is 2.88. The summed E-state index contributed by atoms with van der Waals surface area (Å²) in [6.45, 7) is 8.90. The number of hydrogen-bond donors (Lipinski definition) is 0. The van der Waals surface area contributed by atoms with Gasteiger partial charge in [-0.05, 0) is 34.4 Å². The first-order chi connectivity index (χ1) is 9.09. The van der Waals surface area contributed by atoms with Crippen molar-refractivity contribution in [3.8, 4) is 0 Å². The summed E-state index contributed by atoms with van der Waals surface area (Å²) in [5.41, 5.74) is 3.82. The molecule has 0 saturated carbocycles. The minimum atomic E-state index is 0.495. The van der Waals surface area contributed by atoms with Crippen molar-refractivity contribution in [1.29, 1.82) is 0 Å². The summed E-state index contributed by atoms with van der Waals surface area (Å²) in [7, 11) is 0. The van der Waals surface area contributed by atoms with Crippen molar-refractivity contribution in [2.75, 3.05) is 0 Å². The fraction of sp³-hybridized carbons (Fsp3) is 0.353. The molecule has 100 valence electrons. The molecule has 0 atom stereocenters. The lowest BCUT2D eigenvalue weighted by Gasteiger charge is -2.16. The minimum absolute atomic E-state index is 0.495. The largest absolute Gasteiger partial charge is 0.255 e. The summed E-state index contributed by atoms with van der Waals surface area (Å²) in [6, 6.07) is 10.7. The molecule has 0 fully saturated rings. The summed E-state index contributed by atoms with van der Waals surface area (Å²) >= 11 is 1.72. The van der Waals surface area contributed by atoms with E-state index in [1.54, 1.807) is 11.3 Å². The molecule has 0 aliphatic carbocycles. The lowest BCUT2D eigenvalue weighted by molar-refractivity contribution is 0.835. The second-order valence-corrected chi connectivity index (χ2v) is 6.35. The van der Waals surface area contributed by atoms with Gasteiger partial charge >= 0.3 is 0 Å². The van der Waals surface area contributed by atoms with E-state index in [2.05, 4.69) is 63.4 Å². The van der Waals surface area contributed by atoms with Crippen molar-refractivity contribution in [1.82, 2.24) is 0 Å². The predicted octanol–water partition coefficient (Wildman–Crippen LogP) is 5.75. The molecule has 2 aromatic rings. The molecule has 1 heterocycles. The smallest absolute Gasteiger partial charge is 0.0699 e. The molecular formula is C17H21NS. The van der Waals surface area contributed by atoms with Crippen LogP contribution in [0.4, 0.5) is 5.69 Å². The van der Waals surface area contributed by atoms with Gasteiger partial charge in [0.15, 0.2) is 0 Å². The number of aliphatic imine (C=N–C) groups is 1. The Kier molecular flexibility index (Phi) is 4.54. The summed E-state index contributed by atoms with van der Waals surface area (Å²) in [4.78, 5) is 5.98. The van der Waals surface area contributed by atoms with E-state index in [-0.39, 0.29) is 0 Å². The van der Waals surface area contributed by atoms with Crippen molar-refractivity contribution in [3.63, 3.8) is 0 Å². The number of rotatable bonds is 4. The maximum absolute atomic E-state index is 4.78. The van der Waals surface area contributed by atoms with Crippen LogP contribution in [0.3, 0.4) is 0 Å². The van der Waals surface area contributed by atoms with Crippen LogP contribution in [0.25, 0.3) is 0 Å². The molecule has 1 aromatic carbocycles. The lowest BCUT2D eigenvalue weighted by atomic mass is 9.93. The number of hydrogen-bond acceptors (Lipinski definition) is 2. The molecule has 1 nitrogen and oxygen atoms in total. The highest BCUT2D eigenvalue weighted by Gasteiger charge is 2.12. The van der Waals surface area contributed by atoms with Gasteiger partial charge in [0.1, 0.15) is 0 Å². The highest BCUT2D eigenvalue weighted by molar-refractivity contribution is 7.11. The van der Waals surface area contributed by atoms with Gasteiger partial charge < -0.3 is 0 Å². The Morgan fingerprint density at radius 2 is 1.58 bits per heavy atom. The van der Waals surface area contributed by atoms with E-state index < -0.39 is 0 Å². The first-order valence-corrected chi connectivity index (χ1v) is 7.68. The summed E-state index contributed by atoms with van der Waals surface area (Å²) in [5, 5.41) is 2.08. The molecule has 2 rings (SSSR count). The van der Waals surface area contributed by atoms with Crippen LogP contribution in [0.2, 0.25) is 0 Å². The number of para-hydroxylation sites is 1. The molecule has 0 aliphatic heterocycles. The Bertz CT molecular complexity index is 524. The third-order valence-corrected chi connectivity index (χ3v) is 4.01. The molecular weight excluding hydrogens is 250 g/mol. The first-order valence-electron chi connectivity index (χ1n) is 6.80. The molecule has 19 heavy (non-hydrogen) atoms. The monoisotopic (exact) mass is 271 g/mol. The van der Waals surface area contributed by atoms with E-state index in [1.807, 2.05) is 6.21 Å². The molecule has 0 spiro atoms. The van der Waals surface area contributed by atoms with Crippen LogP contribution in [0.15, 0.2) is 40.7 Å². The SMILES string of the molecule is CC(C)c1cccc(C(C)C)c1N=Cc1cccs1. The molecule has 0 N–H and O–H groups in total. The second-order valence-electron chi connectivity index (χ2n) is 5.37. The van der Waals surface area contributed by atoms with Crippen LogP contribution in [0.1, 0.15) is 55.5 Å². The highest BCUT2D eigenvalue weighted by Crippen LogP contribution is 2.34. The van der Waals surface area contributed by atoms with Crippen LogP contribution in [0, 0.1) is 0 Å². The van der Waals surface area contributed by atoms with Crippen molar-refractivity contribution < 1.29 is 0 Å². The molecule has 0 amide bonds. The van der Waals surface area contributed by atoms with Crippen LogP contribution in [0.5, 0.6) is 0 Å². The molecule has 0 saturated heterocycles. The van der Waals surface area contributed by atoms with E-state index in [0.717, 1.165) is 5.69 Å². The number of nitrogens with zero attached hydrogens (tertiary/aromatic N) is 1. The van der Waals surface area contributed by atoms with Gasteiger partial charge in [0, 0.05) is 11.1 Å². The van der Waals surface area contributed by atoms with Crippen molar-refractivity contribution >= 4 is 23.2 Å². The van der Waals surface area contributed by atoms with Gasteiger partial charge in [-0.2, -0.15) is 0 Å². The molecule has 0 unspecified atom stereocenters. The summed E-state index contributed by atoms with van der Waals surface area (Å²) < 4.78 is 0. The van der Waals surface area contributed by atoms with Crippen molar-refractivity contribution in [3.05, 3.63) is 51.7 Å². The van der Waals surface area contributed by atoms with Crippen molar-refractivity contribution in [2.24, 2.45) is 4.99 Å². The Balaban J connectivity index is 2.46. The third-order valence-electron chi connectivity index (χ3n) is 3.21. The van der Waals surface area contributed by atoms with Gasteiger partial charge in [0.25, 0.3) is 0 Å². The van der Waals surface area contributed by atoms with Gasteiger partial charge in [-0.15, -0.1) is 11.3 Å². The molecule has 0 radical (unpaired) electrons. The van der Waals surface area contributed by atoms with E-state index in [1.165, 1.54) is 16.0 Å². The Hall–Kier alpha value is -1.41. The summed E-state index contributed by atoms with van der Waals surface area (Å²) in [6.07, 6.45) is 1.98. The lowest BCUT2D eigenvalue weighted by Crippen LogP contribution is -1.95. The minimum Gasteiger partial charge on any atom is -0.255 e. The quantitative estimate of drug-likeness (QED) is 0.628. The van der Waals surface area contributed by atoms with Crippen LogP contribution < -0.4 is 0 Å². The number of thiophene rings is 1. The first kappa shape index (κ1) is 14.0. The van der Waals surface area contributed by atoms with Crippen LogP contribution >= 0.6 is 11.3 Å². The predicted molar refractivity (Wildman–Crippen MR) is 86.2 cm³/mol. The van der Waals surface area contributed by atoms with Gasteiger partial charge in [0.2, 0.25) is 0 Å². The standard InChI is InChI=1S/C17H21NS/c1-12(2)15-8-5-9-16(13(3)4)17(15)18-11-14-7-6-10-19-14/h5-13H,1-4H3. The molecule has 2 heteroatoms. The van der Waals surface area contributed by atoms with Crippen LogP contribution in [-0.4, -0.2) is 6.21 Å². The molecule has 0 aliphatic rings. The van der Waals surface area contributed by atoms with Gasteiger partial charge in [-0.25, -0.2) is 0 Å². The Morgan fingerprint density at radius 3 is 2.05 bits per heavy atom. The third kappa shape index (κ3) is 3.32. The van der Waals surface area contributed by atoms with Gasteiger partial charge in [0.05, 0.1) is 5.69 Å². The zero-order valence-corrected chi connectivity index (χ0v) is 12.9. The second kappa shape index (κ2) is 6.16. The zero-order chi connectivity index (χ0) is 13.8. The van der Waals surface area contributed by atoms with E-state index in [0.29, 0.717) is 11.8 Å². The normalized spacial score (nSPS) is 11.9. The number of benzene rings is 1. The maximum Gasteiger partial charge on any atom is 0.0699 e. The fourth-order valence-electron chi connectivity index (χ4n) is 2.15. The van der Waals surface area contributed by atoms with Crippen LogP contribution in [-0.2, 0) is 0 Å². The van der Waals surface area contributed by atoms with E-state index >= 15 is 0 Å². The fourth-order valence-corrected chi connectivity index (χ4v) is 2.74. The topological polar surface area (TPSA) is 12.4 Å².